The van der Waals surface area contributed by atoms with Gasteiger partial charge in [0.1, 0.15) is 9.75 Å². The molecule has 0 amide bonds. The molecule has 114 valence electrons. The lowest BCUT2D eigenvalue weighted by Crippen LogP contribution is -2.47. The van der Waals surface area contributed by atoms with Crippen LogP contribution in [0.5, 0.6) is 0 Å². The van der Waals surface area contributed by atoms with Crippen LogP contribution in [0, 0.1) is 0 Å². The van der Waals surface area contributed by atoms with Crippen LogP contribution in [-0.2, 0) is 16.6 Å². The minimum Gasteiger partial charge on any atom is -0.313 e. The van der Waals surface area contributed by atoms with Gasteiger partial charge < -0.3 is 5.32 Å². The Morgan fingerprint density at radius 1 is 1.40 bits per heavy atom. The molecule has 1 saturated carbocycles. The smallest absolute Gasteiger partial charge is 0.313 e. The number of rotatable bonds is 6. The Bertz CT molecular complexity index is 577. The van der Waals surface area contributed by atoms with Crippen LogP contribution in [0.4, 0.5) is 13.2 Å². The van der Waals surface area contributed by atoms with Crippen molar-refractivity contribution in [3.05, 3.63) is 17.0 Å². The topological polar surface area (TPSA) is 58.2 Å². The molecule has 0 unspecified atom stereocenters. The van der Waals surface area contributed by atoms with Gasteiger partial charge in [-0.25, -0.2) is 8.42 Å². The summed E-state index contributed by atoms with van der Waals surface area (Å²) in [5.41, 5.74) is -1.52. The van der Waals surface area contributed by atoms with Crippen LogP contribution in [0.2, 0.25) is 0 Å². The quantitative estimate of drug-likeness (QED) is 0.842. The van der Waals surface area contributed by atoms with E-state index in [1.807, 2.05) is 6.92 Å². The van der Waals surface area contributed by atoms with E-state index in [4.69, 9.17) is 0 Å². The molecule has 4 nitrogen and oxygen atoms in total. The molecule has 0 atom stereocenters. The van der Waals surface area contributed by atoms with Gasteiger partial charge in [0.25, 0.3) is 10.0 Å². The van der Waals surface area contributed by atoms with Crippen LogP contribution in [0.3, 0.4) is 0 Å². The molecular formula is C11H15F3N2O2S2. The number of sulfonamides is 1. The standard InChI is InChI=1S/C11H15F3N2O2S2/c1-2-15-6-8-5-9(19-7-8)20(17,18)16-10(3-4-10)11(12,13)14/h5,7,15-16H,2-4,6H2,1H3. The molecule has 20 heavy (non-hydrogen) atoms. The van der Waals surface area contributed by atoms with Gasteiger partial charge in [-0.15, -0.1) is 11.3 Å². The van der Waals surface area contributed by atoms with E-state index in [1.54, 1.807) is 10.1 Å². The lowest BCUT2D eigenvalue weighted by atomic mass is 10.3. The van der Waals surface area contributed by atoms with Crippen molar-refractivity contribution in [3.8, 4) is 0 Å². The van der Waals surface area contributed by atoms with Crippen LogP contribution in [0.15, 0.2) is 15.7 Å². The molecule has 2 N–H and O–H groups in total. The molecule has 9 heteroatoms. The van der Waals surface area contributed by atoms with E-state index < -0.39 is 21.7 Å². The van der Waals surface area contributed by atoms with Crippen LogP contribution in [0.1, 0.15) is 25.3 Å². The zero-order valence-electron chi connectivity index (χ0n) is 10.8. The number of hydrogen-bond acceptors (Lipinski definition) is 4. The number of thiophene rings is 1. The molecular weight excluding hydrogens is 313 g/mol. The van der Waals surface area contributed by atoms with Gasteiger partial charge in [-0.2, -0.15) is 17.9 Å². The maximum absolute atomic E-state index is 12.8. The molecule has 1 aliphatic rings. The van der Waals surface area contributed by atoms with Gasteiger partial charge in [-0.05, 0) is 36.4 Å². The van der Waals surface area contributed by atoms with E-state index in [2.05, 4.69) is 5.32 Å². The molecule has 0 bridgehead atoms. The molecule has 0 aromatic carbocycles. The third-order valence-electron chi connectivity index (χ3n) is 3.10. The summed E-state index contributed by atoms with van der Waals surface area (Å²) in [5.74, 6) is 0. The van der Waals surface area contributed by atoms with E-state index in [9.17, 15) is 21.6 Å². The van der Waals surface area contributed by atoms with Crippen molar-refractivity contribution >= 4 is 21.4 Å². The van der Waals surface area contributed by atoms with Gasteiger partial charge in [-0.1, -0.05) is 6.92 Å². The van der Waals surface area contributed by atoms with Gasteiger partial charge in [0, 0.05) is 6.54 Å². The first-order chi connectivity index (χ1) is 9.20. The number of alkyl halides is 3. The minimum atomic E-state index is -4.55. The first-order valence-electron chi connectivity index (χ1n) is 6.09. The maximum Gasteiger partial charge on any atom is 0.407 e. The Balaban J connectivity index is 2.13. The normalized spacial score (nSPS) is 18.2. The predicted molar refractivity (Wildman–Crippen MR) is 70.0 cm³/mol. The summed E-state index contributed by atoms with van der Waals surface area (Å²) in [5, 5.41) is 4.65. The molecule has 0 saturated heterocycles. The molecule has 1 aliphatic carbocycles. The Labute approximate surface area is 119 Å². The fraction of sp³-hybridized carbons (Fsp3) is 0.636. The summed E-state index contributed by atoms with van der Waals surface area (Å²) >= 11 is 0.928. The van der Waals surface area contributed by atoms with Crippen molar-refractivity contribution in [2.45, 2.75) is 42.2 Å². The maximum atomic E-state index is 12.8. The predicted octanol–water partition coefficient (Wildman–Crippen LogP) is 2.23. The second-order valence-corrected chi connectivity index (χ2v) is 7.56. The average molecular weight is 328 g/mol. The fourth-order valence-corrected chi connectivity index (χ4v) is 4.39. The molecule has 1 aromatic heterocycles. The third-order valence-corrected chi connectivity index (χ3v) is 6.12. The fourth-order valence-electron chi connectivity index (χ4n) is 1.73. The zero-order valence-corrected chi connectivity index (χ0v) is 12.4. The Hall–Kier alpha value is -0.640. The van der Waals surface area contributed by atoms with Gasteiger partial charge in [-0.3, -0.25) is 0 Å². The average Bonchev–Trinajstić information content (AvgIpc) is 2.94. The molecule has 2 rings (SSSR count). The first-order valence-corrected chi connectivity index (χ1v) is 8.45. The van der Waals surface area contributed by atoms with Crippen molar-refractivity contribution in [1.29, 1.82) is 0 Å². The lowest BCUT2D eigenvalue weighted by Gasteiger charge is -2.19. The summed E-state index contributed by atoms with van der Waals surface area (Å²) < 4.78 is 64.1. The highest BCUT2D eigenvalue weighted by atomic mass is 32.2. The second-order valence-electron chi connectivity index (χ2n) is 4.74. The minimum absolute atomic E-state index is 0.0825. The van der Waals surface area contributed by atoms with Crippen LogP contribution < -0.4 is 10.0 Å². The molecule has 1 fully saturated rings. The van der Waals surface area contributed by atoms with Gasteiger partial charge in [0.15, 0.2) is 0 Å². The summed E-state index contributed by atoms with van der Waals surface area (Å²) in [6, 6.07) is 1.40. The number of hydrogen-bond donors (Lipinski definition) is 2. The second kappa shape index (κ2) is 5.28. The molecule has 0 aliphatic heterocycles. The van der Waals surface area contributed by atoms with E-state index in [-0.39, 0.29) is 17.1 Å². The highest BCUT2D eigenvalue weighted by Gasteiger charge is 2.65. The zero-order chi connectivity index (χ0) is 15.0. The molecule has 1 aromatic rings. The van der Waals surface area contributed by atoms with Crippen molar-refractivity contribution in [2.24, 2.45) is 0 Å². The number of nitrogens with one attached hydrogen (secondary N) is 2. The molecule has 1 heterocycles. The van der Waals surface area contributed by atoms with E-state index in [0.717, 1.165) is 23.4 Å². The Morgan fingerprint density at radius 2 is 2.05 bits per heavy atom. The Morgan fingerprint density at radius 3 is 2.55 bits per heavy atom. The monoisotopic (exact) mass is 328 g/mol. The number of halogens is 3. The van der Waals surface area contributed by atoms with E-state index in [1.165, 1.54) is 6.07 Å². The highest BCUT2D eigenvalue weighted by molar-refractivity contribution is 7.91. The van der Waals surface area contributed by atoms with Gasteiger partial charge >= 0.3 is 6.18 Å². The van der Waals surface area contributed by atoms with E-state index in [0.29, 0.717) is 6.54 Å². The van der Waals surface area contributed by atoms with Crippen LogP contribution in [0.25, 0.3) is 0 Å². The lowest BCUT2D eigenvalue weighted by molar-refractivity contribution is -0.160. The summed E-state index contributed by atoms with van der Waals surface area (Å²) in [6.07, 6.45) is -4.96. The van der Waals surface area contributed by atoms with Crippen LogP contribution >= 0.6 is 11.3 Å². The van der Waals surface area contributed by atoms with Crippen molar-refractivity contribution in [3.63, 3.8) is 0 Å². The van der Waals surface area contributed by atoms with E-state index >= 15 is 0 Å². The van der Waals surface area contributed by atoms with Crippen molar-refractivity contribution in [2.75, 3.05) is 6.54 Å². The highest BCUT2D eigenvalue weighted by Crippen LogP contribution is 2.49. The first kappa shape index (κ1) is 15.7. The van der Waals surface area contributed by atoms with Crippen LogP contribution in [-0.4, -0.2) is 26.7 Å². The summed E-state index contributed by atoms with van der Waals surface area (Å²) in [6.45, 7) is 3.13. The van der Waals surface area contributed by atoms with Gasteiger partial charge in [0.2, 0.25) is 0 Å². The van der Waals surface area contributed by atoms with Gasteiger partial charge in [0.05, 0.1) is 0 Å². The molecule has 0 radical (unpaired) electrons. The van der Waals surface area contributed by atoms with Crippen molar-refractivity contribution < 1.29 is 21.6 Å². The third kappa shape index (κ3) is 3.16. The summed E-state index contributed by atoms with van der Waals surface area (Å²) in [7, 11) is -4.12. The van der Waals surface area contributed by atoms with Crippen molar-refractivity contribution in [1.82, 2.24) is 10.0 Å². The largest absolute Gasteiger partial charge is 0.407 e. The Kier molecular flexibility index (Phi) is 4.16. The molecule has 0 spiro atoms. The summed E-state index contributed by atoms with van der Waals surface area (Å²) in [4.78, 5) is 0. The SMILES string of the molecule is CCNCc1csc(S(=O)(=O)NC2(C(F)(F)F)CC2)c1.